The van der Waals surface area contributed by atoms with Crippen LogP contribution in [0.4, 0.5) is 0 Å². The van der Waals surface area contributed by atoms with E-state index < -0.39 is 0 Å². The Morgan fingerprint density at radius 3 is 2.67 bits per heavy atom. The standard InChI is InChI=1S/C22H24N2O3/c1-13-4-3-5-14(6-13)7-16-8-15(9-20(24-16)22(26)23-2)21(25)10-17-18-11-27-12-19(17)18/h3-6,8-9,17-19H,7,10-12H2,1-2H3,(H,23,26)/t17?,18-,19+. The van der Waals surface area contributed by atoms with Gasteiger partial charge in [-0.15, -0.1) is 0 Å². The van der Waals surface area contributed by atoms with Crippen LogP contribution < -0.4 is 5.32 Å². The molecule has 140 valence electrons. The number of nitrogens with zero attached hydrogens (tertiary/aromatic N) is 1. The second-order valence-electron chi connectivity index (χ2n) is 7.63. The number of fused-ring (bicyclic) bond motifs is 1. The van der Waals surface area contributed by atoms with Crippen LogP contribution in [0.3, 0.4) is 0 Å². The topological polar surface area (TPSA) is 68.3 Å². The van der Waals surface area contributed by atoms with Gasteiger partial charge in [-0.2, -0.15) is 0 Å². The first-order chi connectivity index (χ1) is 13.0. The lowest BCUT2D eigenvalue weighted by molar-refractivity contribution is 0.0950. The summed E-state index contributed by atoms with van der Waals surface area (Å²) in [6.45, 7) is 3.60. The molecule has 4 rings (SSSR count). The van der Waals surface area contributed by atoms with Crippen molar-refractivity contribution < 1.29 is 14.3 Å². The number of rotatable bonds is 6. The predicted molar refractivity (Wildman–Crippen MR) is 102 cm³/mol. The maximum Gasteiger partial charge on any atom is 0.269 e. The molecule has 1 aromatic heterocycles. The third kappa shape index (κ3) is 3.78. The third-order valence-electron chi connectivity index (χ3n) is 5.68. The van der Waals surface area contributed by atoms with E-state index >= 15 is 0 Å². The number of hydrogen-bond donors (Lipinski definition) is 1. The minimum atomic E-state index is -0.271. The molecule has 5 nitrogen and oxygen atoms in total. The molecule has 1 amide bonds. The van der Waals surface area contributed by atoms with Gasteiger partial charge in [0, 0.05) is 31.1 Å². The van der Waals surface area contributed by atoms with Crippen molar-refractivity contribution in [3.8, 4) is 0 Å². The summed E-state index contributed by atoms with van der Waals surface area (Å²) in [5.74, 6) is 1.34. The first kappa shape index (κ1) is 17.9. The van der Waals surface area contributed by atoms with Gasteiger partial charge in [0.25, 0.3) is 5.91 Å². The van der Waals surface area contributed by atoms with Crippen LogP contribution in [0.15, 0.2) is 36.4 Å². The molecule has 2 fully saturated rings. The lowest BCUT2D eigenvalue weighted by Gasteiger charge is -2.09. The lowest BCUT2D eigenvalue weighted by Crippen LogP contribution is -2.21. The summed E-state index contributed by atoms with van der Waals surface area (Å²) in [5, 5.41) is 2.60. The van der Waals surface area contributed by atoms with E-state index in [4.69, 9.17) is 4.74 Å². The molecule has 2 heterocycles. The maximum atomic E-state index is 12.8. The molecule has 1 unspecified atom stereocenters. The zero-order valence-electron chi connectivity index (χ0n) is 15.7. The molecule has 2 aromatic rings. The molecule has 0 bridgehead atoms. The Balaban J connectivity index is 1.58. The summed E-state index contributed by atoms with van der Waals surface area (Å²) in [5.41, 5.74) is 3.91. The Hall–Kier alpha value is -2.53. The van der Waals surface area contributed by atoms with Gasteiger partial charge < -0.3 is 10.1 Å². The van der Waals surface area contributed by atoms with Gasteiger partial charge in [-0.05, 0) is 42.4 Å². The van der Waals surface area contributed by atoms with Crippen LogP contribution in [0.1, 0.15) is 44.1 Å². The summed E-state index contributed by atoms with van der Waals surface area (Å²) in [6, 6.07) is 11.6. The van der Waals surface area contributed by atoms with Crippen molar-refractivity contribution in [2.45, 2.75) is 19.8 Å². The van der Waals surface area contributed by atoms with Crippen molar-refractivity contribution in [3.63, 3.8) is 0 Å². The van der Waals surface area contributed by atoms with E-state index in [9.17, 15) is 9.59 Å². The predicted octanol–water partition coefficient (Wildman–Crippen LogP) is 2.81. The number of ketones is 1. The Bertz CT molecular complexity index is 883. The summed E-state index contributed by atoms with van der Waals surface area (Å²) >= 11 is 0. The summed E-state index contributed by atoms with van der Waals surface area (Å²) in [7, 11) is 1.57. The second kappa shape index (κ2) is 7.24. The van der Waals surface area contributed by atoms with Gasteiger partial charge in [0.15, 0.2) is 5.78 Å². The molecule has 0 radical (unpaired) electrons. The number of amides is 1. The average molecular weight is 364 g/mol. The highest BCUT2D eigenvalue weighted by Gasteiger charge is 2.54. The Labute approximate surface area is 159 Å². The van der Waals surface area contributed by atoms with Crippen LogP contribution in [-0.4, -0.2) is 36.9 Å². The van der Waals surface area contributed by atoms with Gasteiger partial charge in [-0.3, -0.25) is 9.59 Å². The van der Waals surface area contributed by atoms with Crippen molar-refractivity contribution >= 4 is 11.7 Å². The monoisotopic (exact) mass is 364 g/mol. The normalized spacial score (nSPS) is 23.0. The highest BCUT2D eigenvalue weighted by atomic mass is 16.5. The van der Waals surface area contributed by atoms with Crippen molar-refractivity contribution in [3.05, 3.63) is 64.5 Å². The van der Waals surface area contributed by atoms with Gasteiger partial charge in [-0.1, -0.05) is 29.8 Å². The average Bonchev–Trinajstić information content (AvgIpc) is 3.08. The molecule has 0 spiro atoms. The van der Waals surface area contributed by atoms with Crippen LogP contribution in [0.5, 0.6) is 0 Å². The Morgan fingerprint density at radius 1 is 1.19 bits per heavy atom. The van der Waals surface area contributed by atoms with Crippen molar-refractivity contribution in [1.29, 1.82) is 0 Å². The van der Waals surface area contributed by atoms with Crippen molar-refractivity contribution in [2.75, 3.05) is 20.3 Å². The van der Waals surface area contributed by atoms with E-state index in [-0.39, 0.29) is 11.7 Å². The number of benzene rings is 1. The van der Waals surface area contributed by atoms with E-state index in [0.717, 1.165) is 24.5 Å². The van der Waals surface area contributed by atoms with E-state index in [1.165, 1.54) is 5.56 Å². The summed E-state index contributed by atoms with van der Waals surface area (Å²) < 4.78 is 5.41. The molecule has 1 saturated heterocycles. The van der Waals surface area contributed by atoms with E-state index in [1.54, 1.807) is 13.1 Å². The Kier molecular flexibility index (Phi) is 4.79. The molecular formula is C22H24N2O3. The number of carbonyl (C=O) groups excluding carboxylic acids is 2. The fraction of sp³-hybridized carbons (Fsp3) is 0.409. The molecule has 1 aromatic carbocycles. The van der Waals surface area contributed by atoms with Gasteiger partial charge in [0.05, 0.1) is 13.2 Å². The molecule has 1 aliphatic heterocycles. The lowest BCUT2D eigenvalue weighted by atomic mass is 10.0. The van der Waals surface area contributed by atoms with E-state index in [1.807, 2.05) is 31.2 Å². The minimum absolute atomic E-state index is 0.0902. The van der Waals surface area contributed by atoms with Crippen LogP contribution in [-0.2, 0) is 11.2 Å². The fourth-order valence-corrected chi connectivity index (χ4v) is 4.11. The fourth-order valence-electron chi connectivity index (χ4n) is 4.11. The van der Waals surface area contributed by atoms with Crippen molar-refractivity contribution in [2.24, 2.45) is 17.8 Å². The number of ether oxygens (including phenoxy) is 1. The summed E-state index contributed by atoms with van der Waals surface area (Å²) in [4.78, 5) is 29.5. The molecule has 1 aliphatic carbocycles. The number of hydrogen-bond acceptors (Lipinski definition) is 4. The summed E-state index contributed by atoms with van der Waals surface area (Å²) in [6.07, 6.45) is 1.12. The molecule has 3 atom stereocenters. The number of Topliss-reactive ketones (excluding diaryl/α,β-unsaturated/α-hetero) is 1. The minimum Gasteiger partial charge on any atom is -0.381 e. The van der Waals surface area contributed by atoms with Gasteiger partial charge in [0.1, 0.15) is 5.69 Å². The van der Waals surface area contributed by atoms with Crippen molar-refractivity contribution in [1.82, 2.24) is 10.3 Å². The molecular weight excluding hydrogens is 340 g/mol. The van der Waals surface area contributed by atoms with Gasteiger partial charge in [0.2, 0.25) is 0 Å². The highest BCUT2D eigenvalue weighted by molar-refractivity contribution is 6.00. The second-order valence-corrected chi connectivity index (χ2v) is 7.63. The SMILES string of the molecule is CNC(=O)c1cc(C(=O)CC2[C@H]3COC[C@@H]23)cc(Cc2cccc(C)c2)n1. The van der Waals surface area contributed by atoms with Gasteiger partial charge >= 0.3 is 0 Å². The first-order valence-electron chi connectivity index (χ1n) is 9.44. The van der Waals surface area contributed by atoms with E-state index in [2.05, 4.69) is 16.4 Å². The zero-order valence-corrected chi connectivity index (χ0v) is 15.7. The number of carbonyl (C=O) groups is 2. The van der Waals surface area contributed by atoms with Crippen LogP contribution in [0.25, 0.3) is 0 Å². The van der Waals surface area contributed by atoms with E-state index in [0.29, 0.717) is 41.9 Å². The number of nitrogens with one attached hydrogen (secondary N) is 1. The molecule has 1 saturated carbocycles. The van der Waals surface area contributed by atoms with Gasteiger partial charge in [-0.25, -0.2) is 4.98 Å². The molecule has 2 aliphatic rings. The highest BCUT2D eigenvalue weighted by Crippen LogP contribution is 2.52. The number of aromatic nitrogens is 1. The number of aryl methyl sites for hydroxylation is 1. The quantitative estimate of drug-likeness (QED) is 0.801. The zero-order chi connectivity index (χ0) is 19.0. The largest absolute Gasteiger partial charge is 0.381 e. The van der Waals surface area contributed by atoms with Crippen LogP contribution >= 0.6 is 0 Å². The number of pyridine rings is 1. The molecule has 5 heteroatoms. The van der Waals surface area contributed by atoms with Crippen LogP contribution in [0, 0.1) is 24.7 Å². The molecule has 27 heavy (non-hydrogen) atoms. The third-order valence-corrected chi connectivity index (χ3v) is 5.68. The Morgan fingerprint density at radius 2 is 1.96 bits per heavy atom. The smallest absolute Gasteiger partial charge is 0.269 e. The van der Waals surface area contributed by atoms with Crippen LogP contribution in [0.2, 0.25) is 0 Å². The molecule has 1 N–H and O–H groups in total. The maximum absolute atomic E-state index is 12.8. The first-order valence-corrected chi connectivity index (χ1v) is 9.44.